The number of aryl methyl sites for hydroxylation is 2. The molecule has 0 heterocycles. The average Bonchev–Trinajstić information content (AvgIpc) is 3.25. The van der Waals surface area contributed by atoms with Crippen LogP contribution in [0.2, 0.25) is 0 Å². The van der Waals surface area contributed by atoms with Gasteiger partial charge in [-0.05, 0) is 38.5 Å². The molecule has 1 aliphatic carbocycles. The van der Waals surface area contributed by atoms with Gasteiger partial charge in [0.2, 0.25) is 0 Å². The summed E-state index contributed by atoms with van der Waals surface area (Å²) in [5, 5.41) is -1.04. The van der Waals surface area contributed by atoms with Crippen molar-refractivity contribution in [2.45, 2.75) is 42.4 Å². The van der Waals surface area contributed by atoms with E-state index >= 15 is 0 Å². The SMILES string of the molecule is CCOC(=O)[C@@]1(N)[C@H](c2ccc(C)cc2)[C@@H]1S(=O)(=O)c1ccc(C)cc1. The summed E-state index contributed by atoms with van der Waals surface area (Å²) < 4.78 is 31.5. The van der Waals surface area contributed by atoms with Gasteiger partial charge in [-0.2, -0.15) is 0 Å². The third-order valence-corrected chi connectivity index (χ3v) is 7.19. The van der Waals surface area contributed by atoms with Crippen molar-refractivity contribution in [1.82, 2.24) is 0 Å². The number of ether oxygens (including phenoxy) is 1. The second-order valence-electron chi connectivity index (χ2n) is 6.82. The molecule has 1 fully saturated rings. The van der Waals surface area contributed by atoms with Gasteiger partial charge < -0.3 is 10.5 Å². The molecule has 0 aromatic heterocycles. The predicted octanol–water partition coefficient (Wildman–Crippen LogP) is 2.50. The molecule has 6 heteroatoms. The first-order chi connectivity index (χ1) is 12.2. The van der Waals surface area contributed by atoms with Crippen LogP contribution in [0.25, 0.3) is 0 Å². The molecular weight excluding hydrogens is 350 g/mol. The highest BCUT2D eigenvalue weighted by Gasteiger charge is 2.74. The van der Waals surface area contributed by atoms with E-state index in [1.54, 1.807) is 31.2 Å². The van der Waals surface area contributed by atoms with Gasteiger partial charge >= 0.3 is 5.97 Å². The molecule has 2 aromatic rings. The number of sulfone groups is 1. The molecular formula is C20H23NO4S. The van der Waals surface area contributed by atoms with Crippen molar-refractivity contribution in [3.8, 4) is 0 Å². The Balaban J connectivity index is 2.06. The van der Waals surface area contributed by atoms with E-state index < -0.39 is 32.5 Å². The van der Waals surface area contributed by atoms with Gasteiger partial charge in [0.1, 0.15) is 10.8 Å². The average molecular weight is 373 g/mol. The molecule has 26 heavy (non-hydrogen) atoms. The zero-order valence-electron chi connectivity index (χ0n) is 15.1. The van der Waals surface area contributed by atoms with Crippen molar-refractivity contribution >= 4 is 15.8 Å². The van der Waals surface area contributed by atoms with Gasteiger partial charge in [0.25, 0.3) is 0 Å². The molecule has 0 bridgehead atoms. The highest BCUT2D eigenvalue weighted by molar-refractivity contribution is 7.92. The van der Waals surface area contributed by atoms with Crippen LogP contribution in [0.5, 0.6) is 0 Å². The highest BCUT2D eigenvalue weighted by Crippen LogP contribution is 2.56. The van der Waals surface area contributed by atoms with Crippen LogP contribution in [-0.4, -0.2) is 31.8 Å². The predicted molar refractivity (Wildman–Crippen MR) is 99.6 cm³/mol. The van der Waals surface area contributed by atoms with Crippen LogP contribution in [0.4, 0.5) is 0 Å². The molecule has 3 rings (SSSR count). The minimum absolute atomic E-state index is 0.149. The number of esters is 1. The van der Waals surface area contributed by atoms with E-state index in [9.17, 15) is 13.2 Å². The first-order valence-electron chi connectivity index (χ1n) is 8.56. The number of hydrogen-bond acceptors (Lipinski definition) is 5. The zero-order chi connectivity index (χ0) is 19.1. The van der Waals surface area contributed by atoms with Gasteiger partial charge in [-0.15, -0.1) is 0 Å². The smallest absolute Gasteiger partial charge is 0.328 e. The molecule has 5 nitrogen and oxygen atoms in total. The van der Waals surface area contributed by atoms with Gasteiger partial charge in [0.05, 0.1) is 11.5 Å². The van der Waals surface area contributed by atoms with Crippen LogP contribution < -0.4 is 5.73 Å². The largest absolute Gasteiger partial charge is 0.465 e. The van der Waals surface area contributed by atoms with Crippen LogP contribution in [0.15, 0.2) is 53.4 Å². The highest BCUT2D eigenvalue weighted by atomic mass is 32.2. The lowest BCUT2D eigenvalue weighted by Gasteiger charge is -2.11. The topological polar surface area (TPSA) is 86.5 Å². The molecule has 2 N–H and O–H groups in total. The Morgan fingerprint density at radius 2 is 1.54 bits per heavy atom. The Labute approximate surface area is 154 Å². The third-order valence-electron chi connectivity index (χ3n) is 4.93. The number of carbonyl (C=O) groups excluding carboxylic acids is 1. The first kappa shape index (κ1) is 18.6. The molecule has 0 amide bonds. The van der Waals surface area contributed by atoms with Crippen molar-refractivity contribution in [2.75, 3.05) is 6.61 Å². The number of hydrogen-bond donors (Lipinski definition) is 1. The van der Waals surface area contributed by atoms with Crippen LogP contribution in [0.3, 0.4) is 0 Å². The van der Waals surface area contributed by atoms with Gasteiger partial charge in [-0.3, -0.25) is 0 Å². The van der Waals surface area contributed by atoms with Gasteiger partial charge in [-0.1, -0.05) is 47.5 Å². The lowest BCUT2D eigenvalue weighted by Crippen LogP contribution is -2.41. The quantitative estimate of drug-likeness (QED) is 0.814. The molecule has 138 valence electrons. The Bertz CT molecular complexity index is 919. The van der Waals surface area contributed by atoms with Crippen LogP contribution in [0, 0.1) is 13.8 Å². The lowest BCUT2D eigenvalue weighted by atomic mass is 10.1. The normalized spacial score (nSPS) is 24.9. The van der Waals surface area contributed by atoms with E-state index in [0.717, 1.165) is 16.7 Å². The van der Waals surface area contributed by atoms with Crippen molar-refractivity contribution in [1.29, 1.82) is 0 Å². The second kappa shape index (κ2) is 6.52. The van der Waals surface area contributed by atoms with E-state index in [1.165, 1.54) is 0 Å². The summed E-state index contributed by atoms with van der Waals surface area (Å²) in [5.74, 6) is -1.31. The molecule has 2 aromatic carbocycles. The summed E-state index contributed by atoms with van der Waals surface area (Å²) in [6, 6.07) is 14.0. The van der Waals surface area contributed by atoms with Crippen molar-refractivity contribution in [3.63, 3.8) is 0 Å². The first-order valence-corrected chi connectivity index (χ1v) is 10.1. The Kier molecular flexibility index (Phi) is 4.67. The van der Waals surface area contributed by atoms with Crippen molar-refractivity contribution in [3.05, 3.63) is 65.2 Å². The van der Waals surface area contributed by atoms with E-state index in [0.29, 0.717) is 0 Å². The molecule has 0 saturated heterocycles. The minimum Gasteiger partial charge on any atom is -0.465 e. The summed E-state index contributed by atoms with van der Waals surface area (Å²) in [7, 11) is -3.79. The van der Waals surface area contributed by atoms with Crippen LogP contribution in [-0.2, 0) is 19.4 Å². The maximum atomic E-state index is 13.2. The number of nitrogens with two attached hydrogens (primary N) is 1. The Morgan fingerprint density at radius 3 is 2.04 bits per heavy atom. The van der Waals surface area contributed by atoms with Gasteiger partial charge in [0, 0.05) is 5.92 Å². The molecule has 0 radical (unpaired) electrons. The van der Waals surface area contributed by atoms with Crippen LogP contribution in [0.1, 0.15) is 29.5 Å². The van der Waals surface area contributed by atoms with Crippen molar-refractivity contribution < 1.29 is 17.9 Å². The molecule has 1 aliphatic rings. The zero-order valence-corrected chi connectivity index (χ0v) is 15.9. The monoisotopic (exact) mass is 373 g/mol. The number of benzene rings is 2. The standard InChI is InChI=1S/C20H23NO4S/c1-4-25-19(22)20(21)17(15-9-5-13(2)6-10-15)18(20)26(23,24)16-11-7-14(3)8-12-16/h5-12,17-18H,4,21H2,1-3H3/t17-,18+,20-/m1/s1. The maximum absolute atomic E-state index is 13.2. The third kappa shape index (κ3) is 2.93. The maximum Gasteiger partial charge on any atom is 0.328 e. The summed E-state index contributed by atoms with van der Waals surface area (Å²) in [5.41, 5.74) is 7.49. The molecule has 0 aliphatic heterocycles. The fourth-order valence-electron chi connectivity index (χ4n) is 3.41. The van der Waals surface area contributed by atoms with Gasteiger partial charge in [-0.25, -0.2) is 13.2 Å². The summed E-state index contributed by atoms with van der Waals surface area (Å²) in [6.45, 7) is 5.65. The number of carbonyl (C=O) groups is 1. The fourth-order valence-corrected chi connectivity index (χ4v) is 5.64. The van der Waals surface area contributed by atoms with Crippen molar-refractivity contribution in [2.24, 2.45) is 5.73 Å². The van der Waals surface area contributed by atoms with Gasteiger partial charge in [0.15, 0.2) is 9.84 Å². The van der Waals surface area contributed by atoms with E-state index in [-0.39, 0.29) is 11.5 Å². The minimum atomic E-state index is -3.79. The lowest BCUT2D eigenvalue weighted by molar-refractivity contribution is -0.145. The Hall–Kier alpha value is -2.18. The molecule has 0 spiro atoms. The summed E-state index contributed by atoms with van der Waals surface area (Å²) in [4.78, 5) is 12.7. The summed E-state index contributed by atoms with van der Waals surface area (Å²) in [6.07, 6.45) is 0. The van der Waals surface area contributed by atoms with Crippen LogP contribution >= 0.6 is 0 Å². The molecule has 3 atom stereocenters. The summed E-state index contributed by atoms with van der Waals surface area (Å²) >= 11 is 0. The molecule has 1 saturated carbocycles. The Morgan fingerprint density at radius 1 is 1.04 bits per heavy atom. The molecule has 0 unspecified atom stereocenters. The van der Waals surface area contributed by atoms with E-state index in [1.807, 2.05) is 38.1 Å². The van der Waals surface area contributed by atoms with E-state index in [2.05, 4.69) is 0 Å². The number of rotatable bonds is 5. The fraction of sp³-hybridized carbons (Fsp3) is 0.350. The second-order valence-corrected chi connectivity index (χ2v) is 8.89. The van der Waals surface area contributed by atoms with E-state index in [4.69, 9.17) is 10.5 Å².